The highest BCUT2D eigenvalue weighted by atomic mass is 35.5. The maximum absolute atomic E-state index is 11.5. The molecule has 2 N–H and O–H groups in total. The molecule has 0 unspecified atom stereocenters. The molecule has 0 radical (unpaired) electrons. The second-order valence-electron chi connectivity index (χ2n) is 10.5. The summed E-state index contributed by atoms with van der Waals surface area (Å²) in [6.45, 7) is 15.8. The molecule has 0 aromatic heterocycles. The van der Waals surface area contributed by atoms with E-state index in [1.54, 1.807) is 0 Å². The Kier molecular flexibility index (Phi) is 14.6. The van der Waals surface area contributed by atoms with Gasteiger partial charge in [-0.2, -0.15) is 0 Å². The predicted octanol–water partition coefficient (Wildman–Crippen LogP) is 6.11. The molecule has 0 spiro atoms. The Hall–Kier alpha value is -2.41. The van der Waals surface area contributed by atoms with E-state index in [0.717, 1.165) is 37.3 Å². The van der Waals surface area contributed by atoms with Crippen LogP contribution in [0.15, 0.2) is 36.4 Å². The summed E-state index contributed by atoms with van der Waals surface area (Å²) >= 11 is 0. The van der Waals surface area contributed by atoms with Crippen molar-refractivity contribution in [2.45, 2.75) is 79.1 Å². The van der Waals surface area contributed by atoms with Gasteiger partial charge in [-0.25, -0.2) is 0 Å². The van der Waals surface area contributed by atoms with Gasteiger partial charge in [0.2, 0.25) is 11.8 Å². The molecule has 2 amide bonds. The van der Waals surface area contributed by atoms with Crippen molar-refractivity contribution in [3.05, 3.63) is 58.7 Å². The van der Waals surface area contributed by atoms with Crippen molar-refractivity contribution in [2.24, 2.45) is 0 Å². The lowest BCUT2D eigenvalue weighted by molar-refractivity contribution is -0.115. The molecule has 2 aromatic rings. The van der Waals surface area contributed by atoms with Gasteiger partial charge in [0.1, 0.15) is 0 Å². The maximum Gasteiger partial charge on any atom is 0.228 e. The summed E-state index contributed by atoms with van der Waals surface area (Å²) in [5.41, 5.74) is 7.10. The first-order valence-electron chi connectivity index (χ1n) is 14.7. The Balaban J connectivity index is 0.000000267. The molecule has 7 heteroatoms. The van der Waals surface area contributed by atoms with E-state index in [0.29, 0.717) is 12.8 Å². The highest BCUT2D eigenvalue weighted by Gasteiger charge is 2.21. The van der Waals surface area contributed by atoms with Crippen molar-refractivity contribution in [2.75, 3.05) is 49.9 Å². The van der Waals surface area contributed by atoms with Crippen molar-refractivity contribution in [1.82, 2.24) is 9.80 Å². The molecule has 6 nitrogen and oxygen atoms in total. The van der Waals surface area contributed by atoms with Gasteiger partial charge in [-0.1, -0.05) is 52.0 Å². The van der Waals surface area contributed by atoms with Crippen LogP contribution >= 0.6 is 12.4 Å². The highest BCUT2D eigenvalue weighted by molar-refractivity contribution is 6.00. The fourth-order valence-electron chi connectivity index (χ4n) is 5.59. The number of anilines is 2. The van der Waals surface area contributed by atoms with E-state index in [-0.39, 0.29) is 24.2 Å². The minimum Gasteiger partial charge on any atom is -0.326 e. The Bertz CT molecular complexity index is 963. The van der Waals surface area contributed by atoms with Gasteiger partial charge in [-0.3, -0.25) is 9.59 Å². The molecular weight excluding hydrogens is 508 g/mol. The van der Waals surface area contributed by atoms with Crippen molar-refractivity contribution in [3.8, 4) is 0 Å². The van der Waals surface area contributed by atoms with E-state index in [1.165, 1.54) is 74.1 Å². The van der Waals surface area contributed by atoms with Crippen LogP contribution < -0.4 is 10.6 Å². The zero-order valence-corrected chi connectivity index (χ0v) is 25.3. The first kappa shape index (κ1) is 32.8. The number of carbonyl (C=O) groups excluding carboxylic acids is 2. The van der Waals surface area contributed by atoms with E-state index in [1.807, 2.05) is 24.3 Å². The van der Waals surface area contributed by atoms with Crippen LogP contribution in [0.5, 0.6) is 0 Å². The second-order valence-corrected chi connectivity index (χ2v) is 10.5. The first-order valence-corrected chi connectivity index (χ1v) is 14.7. The lowest BCUT2D eigenvalue weighted by atomic mass is 10.0. The predicted molar refractivity (Wildman–Crippen MR) is 166 cm³/mol. The fourth-order valence-corrected chi connectivity index (χ4v) is 5.59. The minimum absolute atomic E-state index is 0. The summed E-state index contributed by atoms with van der Waals surface area (Å²) in [7, 11) is 0. The molecule has 0 saturated heterocycles. The Labute approximate surface area is 242 Å². The summed E-state index contributed by atoms with van der Waals surface area (Å²) in [6, 6.07) is 12.4. The second kappa shape index (κ2) is 17.3. The number of nitrogens with one attached hydrogen (secondary N) is 2. The van der Waals surface area contributed by atoms with Crippen LogP contribution in [-0.2, 0) is 35.3 Å². The van der Waals surface area contributed by atoms with Crippen LogP contribution in [0.2, 0.25) is 0 Å². The van der Waals surface area contributed by atoms with E-state index in [2.05, 4.69) is 60.3 Å². The average Bonchev–Trinajstić information content (AvgIpc) is 3.48. The molecule has 0 saturated carbocycles. The third kappa shape index (κ3) is 9.93. The summed E-state index contributed by atoms with van der Waals surface area (Å²) in [5, 5.41) is 5.85. The van der Waals surface area contributed by atoms with E-state index in [4.69, 9.17) is 0 Å². The van der Waals surface area contributed by atoms with Crippen LogP contribution in [0, 0.1) is 0 Å². The lowest BCUT2D eigenvalue weighted by Crippen LogP contribution is -2.28. The summed E-state index contributed by atoms with van der Waals surface area (Å²) < 4.78 is 0. The third-order valence-electron chi connectivity index (χ3n) is 7.32. The van der Waals surface area contributed by atoms with Crippen LogP contribution in [-0.4, -0.2) is 60.9 Å². The molecule has 0 aliphatic carbocycles. The van der Waals surface area contributed by atoms with Gasteiger partial charge in [-0.05, 0) is 99.1 Å². The van der Waals surface area contributed by atoms with Crippen LogP contribution in [0.3, 0.4) is 0 Å². The van der Waals surface area contributed by atoms with Crippen molar-refractivity contribution < 1.29 is 9.59 Å². The number of nitrogens with zero attached hydrogens (tertiary/aromatic N) is 2. The van der Waals surface area contributed by atoms with Crippen molar-refractivity contribution >= 4 is 35.6 Å². The number of hydrogen-bond donors (Lipinski definition) is 2. The summed E-state index contributed by atoms with van der Waals surface area (Å²) in [4.78, 5) is 28.0. The molecule has 4 rings (SSSR count). The number of hydrogen-bond acceptors (Lipinski definition) is 4. The standard InChI is InChI=1S/2C16H24N2O.ClH/c2*1-3-9-18(10-4-2)11-8-13-6-5-7-15-14(13)12-16(19)17-15;/h2*5-7H,3-4,8-12H2,1-2H3,(H,17,19);1H. The number of amides is 2. The largest absolute Gasteiger partial charge is 0.326 e. The third-order valence-corrected chi connectivity index (χ3v) is 7.32. The topological polar surface area (TPSA) is 64.7 Å². The molecule has 2 heterocycles. The van der Waals surface area contributed by atoms with Crippen LogP contribution in [0.1, 0.15) is 75.6 Å². The van der Waals surface area contributed by atoms with Gasteiger partial charge in [0.05, 0.1) is 12.8 Å². The molecule has 39 heavy (non-hydrogen) atoms. The molecule has 0 fully saturated rings. The number of halogens is 1. The zero-order chi connectivity index (χ0) is 27.3. The normalized spacial score (nSPS) is 13.4. The maximum atomic E-state index is 11.5. The average molecular weight is 557 g/mol. The molecular formula is C32H49ClN4O2. The molecule has 2 aliphatic heterocycles. The van der Waals surface area contributed by atoms with E-state index >= 15 is 0 Å². The summed E-state index contributed by atoms with van der Waals surface area (Å²) in [6.07, 6.45) is 7.98. The van der Waals surface area contributed by atoms with Crippen LogP contribution in [0.25, 0.3) is 0 Å². The number of rotatable bonds is 14. The van der Waals surface area contributed by atoms with Gasteiger partial charge < -0.3 is 20.4 Å². The van der Waals surface area contributed by atoms with E-state index < -0.39 is 0 Å². The smallest absolute Gasteiger partial charge is 0.228 e. The molecule has 216 valence electrons. The van der Waals surface area contributed by atoms with Gasteiger partial charge in [0.15, 0.2) is 0 Å². The van der Waals surface area contributed by atoms with Gasteiger partial charge in [0, 0.05) is 24.5 Å². The Morgan fingerprint density at radius 2 is 0.949 bits per heavy atom. The molecule has 2 aromatic carbocycles. The van der Waals surface area contributed by atoms with Gasteiger partial charge in [0.25, 0.3) is 0 Å². The lowest BCUT2D eigenvalue weighted by Gasteiger charge is -2.21. The van der Waals surface area contributed by atoms with E-state index in [9.17, 15) is 9.59 Å². The van der Waals surface area contributed by atoms with Crippen molar-refractivity contribution in [3.63, 3.8) is 0 Å². The zero-order valence-electron chi connectivity index (χ0n) is 24.5. The Morgan fingerprint density at radius 3 is 1.28 bits per heavy atom. The highest BCUT2D eigenvalue weighted by Crippen LogP contribution is 2.27. The number of carbonyl (C=O) groups is 2. The number of benzene rings is 2. The molecule has 0 bridgehead atoms. The monoisotopic (exact) mass is 556 g/mol. The minimum atomic E-state index is 0. The molecule has 0 atom stereocenters. The van der Waals surface area contributed by atoms with Gasteiger partial charge in [-0.15, -0.1) is 12.4 Å². The van der Waals surface area contributed by atoms with Gasteiger partial charge >= 0.3 is 0 Å². The van der Waals surface area contributed by atoms with Crippen LogP contribution in [0.4, 0.5) is 11.4 Å². The Morgan fingerprint density at radius 1 is 0.590 bits per heavy atom. The SMILES string of the molecule is CCCN(CCC)CCc1cccc2c1CC(=O)N2.CCCN(CCC)CCc1cccc2c1CC(=O)N2.Cl. The quantitative estimate of drug-likeness (QED) is 0.294. The number of fused-ring (bicyclic) bond motifs is 2. The molecule has 2 aliphatic rings. The summed E-state index contributed by atoms with van der Waals surface area (Å²) in [5.74, 6) is 0.253. The fraction of sp³-hybridized carbons (Fsp3) is 0.562. The van der Waals surface area contributed by atoms with Crippen molar-refractivity contribution in [1.29, 1.82) is 0 Å². The first-order chi connectivity index (χ1) is 18.5.